The van der Waals surface area contributed by atoms with Crippen molar-refractivity contribution in [2.45, 2.75) is 12.8 Å². The molecule has 1 atom stereocenters. The first-order valence-electron chi connectivity index (χ1n) is 4.22. The van der Waals surface area contributed by atoms with Crippen molar-refractivity contribution in [1.82, 2.24) is 0 Å². The van der Waals surface area contributed by atoms with Gasteiger partial charge >= 0.3 is 0 Å². The number of methoxy groups -OCH3 is 1. The van der Waals surface area contributed by atoms with Gasteiger partial charge in [0.1, 0.15) is 0 Å². The highest BCUT2D eigenvalue weighted by molar-refractivity contribution is 8.93. The Hall–Kier alpha value is -0.610. The average Bonchev–Trinajstić information content (AvgIpc) is 2.16. The van der Waals surface area contributed by atoms with Gasteiger partial charge in [0.2, 0.25) is 0 Å². The highest BCUT2D eigenvalue weighted by Crippen LogP contribution is 2.21. The van der Waals surface area contributed by atoms with Gasteiger partial charge in [0, 0.05) is 0 Å². The molecule has 0 aromatic heterocycles. The van der Waals surface area contributed by atoms with E-state index in [0.29, 0.717) is 6.54 Å². The average molecular weight is 264 g/mol. The summed E-state index contributed by atoms with van der Waals surface area (Å²) in [6, 6.07) is 4.92. The molecule has 0 spiro atoms. The lowest BCUT2D eigenvalue weighted by Gasteiger charge is -2.10. The van der Waals surface area contributed by atoms with Crippen molar-refractivity contribution in [2.75, 3.05) is 13.7 Å². The fraction of sp³-hybridized carbons (Fsp3) is 0.400. The number of rotatable bonds is 3. The number of halogens is 2. The van der Waals surface area contributed by atoms with Gasteiger partial charge in [-0.3, -0.25) is 0 Å². The van der Waals surface area contributed by atoms with Gasteiger partial charge in [0.25, 0.3) is 0 Å². The number of ether oxygens (including phenoxy) is 1. The van der Waals surface area contributed by atoms with E-state index in [-0.39, 0.29) is 34.5 Å². The topological polar surface area (TPSA) is 35.2 Å². The van der Waals surface area contributed by atoms with Crippen LogP contribution in [0.5, 0.6) is 5.75 Å². The zero-order valence-corrected chi connectivity index (χ0v) is 10.0. The Morgan fingerprint density at radius 1 is 1.50 bits per heavy atom. The molecule has 2 N–H and O–H groups in total. The van der Waals surface area contributed by atoms with Gasteiger partial charge in [-0.25, -0.2) is 4.39 Å². The molecular formula is C10H15BrFNO. The molecule has 0 saturated carbocycles. The first-order valence-corrected chi connectivity index (χ1v) is 4.22. The van der Waals surface area contributed by atoms with E-state index in [9.17, 15) is 4.39 Å². The zero-order valence-electron chi connectivity index (χ0n) is 8.29. The standard InChI is InChI=1S/C10H14FNO.BrH/c1-7(6-12)8-3-4-10(13-2)9(11)5-8;/h3-5,7H,6,12H2,1-2H3;1H. The molecule has 0 radical (unpaired) electrons. The third-order valence-electron chi connectivity index (χ3n) is 2.10. The first-order chi connectivity index (χ1) is 6.19. The predicted molar refractivity (Wildman–Crippen MR) is 60.7 cm³/mol. The summed E-state index contributed by atoms with van der Waals surface area (Å²) in [7, 11) is 1.45. The van der Waals surface area contributed by atoms with Crippen LogP contribution in [0.2, 0.25) is 0 Å². The minimum Gasteiger partial charge on any atom is -0.494 e. The SMILES string of the molecule is Br.COc1ccc(C(C)CN)cc1F. The van der Waals surface area contributed by atoms with Crippen LogP contribution in [0, 0.1) is 5.82 Å². The van der Waals surface area contributed by atoms with Gasteiger partial charge in [0.05, 0.1) is 7.11 Å². The summed E-state index contributed by atoms with van der Waals surface area (Å²) < 4.78 is 18.0. The molecule has 1 aromatic carbocycles. The van der Waals surface area contributed by atoms with E-state index in [1.165, 1.54) is 13.2 Å². The van der Waals surface area contributed by atoms with E-state index in [0.717, 1.165) is 5.56 Å². The van der Waals surface area contributed by atoms with Gasteiger partial charge < -0.3 is 10.5 Å². The fourth-order valence-electron chi connectivity index (χ4n) is 1.13. The molecule has 1 unspecified atom stereocenters. The van der Waals surface area contributed by atoms with Crippen molar-refractivity contribution < 1.29 is 9.13 Å². The summed E-state index contributed by atoms with van der Waals surface area (Å²) in [5.74, 6) is 0.119. The normalized spacial score (nSPS) is 11.7. The van der Waals surface area contributed by atoms with Gasteiger partial charge in [0.15, 0.2) is 11.6 Å². The molecule has 1 aromatic rings. The zero-order chi connectivity index (χ0) is 9.84. The number of nitrogens with two attached hydrogens (primary N) is 1. The van der Waals surface area contributed by atoms with E-state index in [2.05, 4.69) is 0 Å². The second-order valence-electron chi connectivity index (χ2n) is 3.03. The molecule has 0 bridgehead atoms. The van der Waals surface area contributed by atoms with E-state index >= 15 is 0 Å². The van der Waals surface area contributed by atoms with Crippen LogP contribution in [0.15, 0.2) is 18.2 Å². The van der Waals surface area contributed by atoms with Crippen LogP contribution in [0.1, 0.15) is 18.4 Å². The van der Waals surface area contributed by atoms with Crippen molar-refractivity contribution in [3.8, 4) is 5.75 Å². The molecule has 0 fully saturated rings. The lowest BCUT2D eigenvalue weighted by Crippen LogP contribution is -2.09. The molecule has 0 aliphatic heterocycles. The number of hydrogen-bond acceptors (Lipinski definition) is 2. The maximum atomic E-state index is 13.2. The molecule has 1 rings (SSSR count). The molecule has 0 aliphatic carbocycles. The summed E-state index contributed by atoms with van der Waals surface area (Å²) in [6.07, 6.45) is 0. The van der Waals surface area contributed by atoms with Gasteiger partial charge in [-0.1, -0.05) is 13.0 Å². The maximum Gasteiger partial charge on any atom is 0.165 e. The molecule has 0 heterocycles. The maximum absolute atomic E-state index is 13.2. The van der Waals surface area contributed by atoms with Gasteiger partial charge in [-0.05, 0) is 30.2 Å². The monoisotopic (exact) mass is 263 g/mol. The van der Waals surface area contributed by atoms with Crippen LogP contribution in [-0.4, -0.2) is 13.7 Å². The molecule has 14 heavy (non-hydrogen) atoms. The molecule has 0 aliphatic rings. The molecule has 2 nitrogen and oxygen atoms in total. The molecular weight excluding hydrogens is 249 g/mol. The Balaban J connectivity index is 0.00000169. The molecule has 0 saturated heterocycles. The third kappa shape index (κ3) is 2.96. The van der Waals surface area contributed by atoms with Crippen molar-refractivity contribution in [1.29, 1.82) is 0 Å². The molecule has 0 amide bonds. The lowest BCUT2D eigenvalue weighted by molar-refractivity contribution is 0.386. The van der Waals surface area contributed by atoms with Crippen molar-refractivity contribution in [3.05, 3.63) is 29.6 Å². The van der Waals surface area contributed by atoms with Crippen molar-refractivity contribution >= 4 is 17.0 Å². The largest absolute Gasteiger partial charge is 0.494 e. The fourth-order valence-corrected chi connectivity index (χ4v) is 1.13. The Morgan fingerprint density at radius 2 is 2.14 bits per heavy atom. The third-order valence-corrected chi connectivity index (χ3v) is 2.10. The van der Waals surface area contributed by atoms with Crippen LogP contribution in [0.25, 0.3) is 0 Å². The Bertz CT molecular complexity index is 293. The van der Waals surface area contributed by atoms with Crippen molar-refractivity contribution in [3.63, 3.8) is 0 Å². The minimum absolute atomic E-state index is 0. The second-order valence-corrected chi connectivity index (χ2v) is 3.03. The van der Waals surface area contributed by atoms with Crippen LogP contribution in [0.3, 0.4) is 0 Å². The Morgan fingerprint density at radius 3 is 2.57 bits per heavy atom. The van der Waals surface area contributed by atoms with Crippen molar-refractivity contribution in [2.24, 2.45) is 5.73 Å². The summed E-state index contributed by atoms with van der Waals surface area (Å²) in [6.45, 7) is 2.48. The molecule has 80 valence electrons. The highest BCUT2D eigenvalue weighted by Gasteiger charge is 2.07. The van der Waals surface area contributed by atoms with E-state index in [1.54, 1.807) is 6.07 Å². The van der Waals surface area contributed by atoms with E-state index in [4.69, 9.17) is 10.5 Å². The van der Waals surface area contributed by atoms with Crippen LogP contribution < -0.4 is 10.5 Å². The number of hydrogen-bond donors (Lipinski definition) is 1. The van der Waals surface area contributed by atoms with E-state index in [1.807, 2.05) is 13.0 Å². The summed E-state index contributed by atoms with van der Waals surface area (Å²) in [5.41, 5.74) is 6.37. The second kappa shape index (κ2) is 5.98. The van der Waals surface area contributed by atoms with Gasteiger partial charge in [-0.2, -0.15) is 0 Å². The Kier molecular flexibility index (Phi) is 5.72. The summed E-state index contributed by atoms with van der Waals surface area (Å²) in [5, 5.41) is 0. The van der Waals surface area contributed by atoms with Crippen LogP contribution in [-0.2, 0) is 0 Å². The molecule has 4 heteroatoms. The van der Waals surface area contributed by atoms with Crippen LogP contribution in [0.4, 0.5) is 4.39 Å². The highest BCUT2D eigenvalue weighted by atomic mass is 79.9. The first kappa shape index (κ1) is 13.4. The predicted octanol–water partition coefficient (Wildman–Crippen LogP) is 2.47. The number of benzene rings is 1. The summed E-state index contributed by atoms with van der Waals surface area (Å²) in [4.78, 5) is 0. The minimum atomic E-state index is -0.333. The van der Waals surface area contributed by atoms with E-state index < -0.39 is 0 Å². The smallest absolute Gasteiger partial charge is 0.165 e. The van der Waals surface area contributed by atoms with Crippen LogP contribution >= 0.6 is 17.0 Å². The lowest BCUT2D eigenvalue weighted by atomic mass is 10.0. The quantitative estimate of drug-likeness (QED) is 0.910. The Labute approximate surface area is 94.0 Å². The van der Waals surface area contributed by atoms with Gasteiger partial charge in [-0.15, -0.1) is 17.0 Å². The summed E-state index contributed by atoms with van der Waals surface area (Å²) >= 11 is 0.